The lowest BCUT2D eigenvalue weighted by atomic mass is 9.99. The highest BCUT2D eigenvalue weighted by molar-refractivity contribution is 5.57. The fraction of sp³-hybridized carbons (Fsp3) is 0.625. The summed E-state index contributed by atoms with van der Waals surface area (Å²) < 4.78 is 0. The van der Waals surface area contributed by atoms with Gasteiger partial charge in [-0.25, -0.2) is 0 Å². The highest BCUT2D eigenvalue weighted by Crippen LogP contribution is 2.31. The van der Waals surface area contributed by atoms with Gasteiger partial charge in [0, 0.05) is 37.3 Å². The minimum atomic E-state index is 0.625. The van der Waals surface area contributed by atoms with Crippen molar-refractivity contribution >= 4 is 5.69 Å². The van der Waals surface area contributed by atoms with Gasteiger partial charge in [0.1, 0.15) is 0 Å². The summed E-state index contributed by atoms with van der Waals surface area (Å²) in [6.45, 7) is 12.6. The summed E-state index contributed by atoms with van der Waals surface area (Å²) in [5, 5.41) is 3.52. The molecule has 0 fully saturated rings. The average Bonchev–Trinajstić information content (AvgIpc) is 2.71. The first-order chi connectivity index (χ1) is 8.58. The summed E-state index contributed by atoms with van der Waals surface area (Å²) in [7, 11) is 0. The third kappa shape index (κ3) is 3.05. The van der Waals surface area contributed by atoms with Crippen LogP contribution in [0, 0.1) is 5.92 Å². The second-order valence-corrected chi connectivity index (χ2v) is 6.11. The Hall–Kier alpha value is -1.02. The zero-order valence-corrected chi connectivity index (χ0v) is 12.1. The standard InChI is InChI=1S/C16H26N2/c1-12(2)10-18(13(3)4)11-14-9-17-16-8-6-5-7-15(14)16/h5-8,12-14,17H,9-11H2,1-4H3. The first-order valence-corrected chi connectivity index (χ1v) is 7.14. The molecule has 1 atom stereocenters. The fourth-order valence-corrected chi connectivity index (χ4v) is 2.77. The van der Waals surface area contributed by atoms with Crippen LogP contribution >= 0.6 is 0 Å². The number of anilines is 1. The van der Waals surface area contributed by atoms with Crippen molar-refractivity contribution in [2.75, 3.05) is 25.0 Å². The van der Waals surface area contributed by atoms with Crippen LogP contribution in [0.2, 0.25) is 0 Å². The van der Waals surface area contributed by atoms with E-state index in [4.69, 9.17) is 0 Å². The number of hydrogen-bond donors (Lipinski definition) is 1. The molecule has 0 amide bonds. The minimum Gasteiger partial charge on any atom is -0.384 e. The average molecular weight is 246 g/mol. The zero-order chi connectivity index (χ0) is 13.1. The van der Waals surface area contributed by atoms with Gasteiger partial charge in [-0.15, -0.1) is 0 Å². The predicted molar refractivity (Wildman–Crippen MR) is 79.2 cm³/mol. The molecule has 1 N–H and O–H groups in total. The Labute approximate surface area is 111 Å². The van der Waals surface area contributed by atoms with Gasteiger partial charge in [0.2, 0.25) is 0 Å². The van der Waals surface area contributed by atoms with E-state index in [1.54, 1.807) is 0 Å². The maximum absolute atomic E-state index is 3.52. The number of para-hydroxylation sites is 1. The molecule has 100 valence electrons. The van der Waals surface area contributed by atoms with E-state index in [9.17, 15) is 0 Å². The van der Waals surface area contributed by atoms with Crippen LogP contribution in [-0.2, 0) is 0 Å². The lowest BCUT2D eigenvalue weighted by Crippen LogP contribution is -2.37. The number of nitrogens with zero attached hydrogens (tertiary/aromatic N) is 1. The molecule has 0 saturated heterocycles. The van der Waals surface area contributed by atoms with Gasteiger partial charge in [0.15, 0.2) is 0 Å². The fourth-order valence-electron chi connectivity index (χ4n) is 2.77. The molecule has 1 aromatic carbocycles. The van der Waals surface area contributed by atoms with Crippen LogP contribution < -0.4 is 5.32 Å². The van der Waals surface area contributed by atoms with Gasteiger partial charge in [-0.1, -0.05) is 32.0 Å². The maximum Gasteiger partial charge on any atom is 0.0376 e. The van der Waals surface area contributed by atoms with E-state index in [2.05, 4.69) is 62.2 Å². The molecule has 2 rings (SSSR count). The van der Waals surface area contributed by atoms with E-state index >= 15 is 0 Å². The highest BCUT2D eigenvalue weighted by Gasteiger charge is 2.24. The molecule has 0 radical (unpaired) electrons. The van der Waals surface area contributed by atoms with Crippen molar-refractivity contribution in [3.8, 4) is 0 Å². The Morgan fingerprint density at radius 3 is 2.61 bits per heavy atom. The van der Waals surface area contributed by atoms with Gasteiger partial charge in [0.25, 0.3) is 0 Å². The molecule has 1 heterocycles. The molecule has 1 aliphatic rings. The van der Waals surface area contributed by atoms with Gasteiger partial charge in [-0.05, 0) is 31.4 Å². The lowest BCUT2D eigenvalue weighted by Gasteiger charge is -2.30. The van der Waals surface area contributed by atoms with Gasteiger partial charge >= 0.3 is 0 Å². The normalized spacial score (nSPS) is 18.5. The summed E-state index contributed by atoms with van der Waals surface area (Å²) in [4.78, 5) is 2.61. The van der Waals surface area contributed by atoms with Gasteiger partial charge < -0.3 is 10.2 Å². The van der Waals surface area contributed by atoms with E-state index in [1.807, 2.05) is 0 Å². The summed E-state index contributed by atoms with van der Waals surface area (Å²) in [6.07, 6.45) is 0. The second-order valence-electron chi connectivity index (χ2n) is 6.11. The van der Waals surface area contributed by atoms with E-state index in [-0.39, 0.29) is 0 Å². The molecule has 0 spiro atoms. The molecule has 1 aromatic rings. The van der Waals surface area contributed by atoms with Crippen molar-refractivity contribution in [1.82, 2.24) is 4.90 Å². The topological polar surface area (TPSA) is 15.3 Å². The molecule has 18 heavy (non-hydrogen) atoms. The number of rotatable bonds is 5. The van der Waals surface area contributed by atoms with Crippen molar-refractivity contribution in [3.63, 3.8) is 0 Å². The van der Waals surface area contributed by atoms with Crippen molar-refractivity contribution in [2.24, 2.45) is 5.92 Å². The maximum atomic E-state index is 3.52. The molecule has 0 bridgehead atoms. The molecular formula is C16H26N2. The first kappa shape index (κ1) is 13.4. The van der Waals surface area contributed by atoms with Crippen LogP contribution in [0.15, 0.2) is 24.3 Å². The predicted octanol–water partition coefficient (Wildman–Crippen LogP) is 3.56. The van der Waals surface area contributed by atoms with E-state index in [0.29, 0.717) is 12.0 Å². The van der Waals surface area contributed by atoms with Gasteiger partial charge in [0.05, 0.1) is 0 Å². The van der Waals surface area contributed by atoms with E-state index in [1.165, 1.54) is 24.3 Å². The van der Waals surface area contributed by atoms with Crippen LogP contribution in [0.25, 0.3) is 0 Å². The Kier molecular flexibility index (Phi) is 4.28. The first-order valence-electron chi connectivity index (χ1n) is 7.14. The highest BCUT2D eigenvalue weighted by atomic mass is 15.2. The largest absolute Gasteiger partial charge is 0.384 e. The van der Waals surface area contributed by atoms with Crippen LogP contribution in [-0.4, -0.2) is 30.6 Å². The second kappa shape index (κ2) is 5.75. The van der Waals surface area contributed by atoms with Gasteiger partial charge in [-0.3, -0.25) is 0 Å². The quantitative estimate of drug-likeness (QED) is 0.854. The minimum absolute atomic E-state index is 0.625. The number of hydrogen-bond acceptors (Lipinski definition) is 2. The molecule has 0 aromatic heterocycles. The Bertz CT molecular complexity index is 384. The Morgan fingerprint density at radius 1 is 1.22 bits per heavy atom. The number of nitrogens with one attached hydrogen (secondary N) is 1. The molecule has 1 unspecified atom stereocenters. The smallest absolute Gasteiger partial charge is 0.0376 e. The third-order valence-corrected chi connectivity index (χ3v) is 3.72. The molecule has 1 aliphatic heterocycles. The summed E-state index contributed by atoms with van der Waals surface area (Å²) in [5.74, 6) is 1.37. The number of fused-ring (bicyclic) bond motifs is 1. The summed E-state index contributed by atoms with van der Waals surface area (Å²) in [5.41, 5.74) is 2.82. The van der Waals surface area contributed by atoms with Crippen LogP contribution in [0.4, 0.5) is 5.69 Å². The van der Waals surface area contributed by atoms with Gasteiger partial charge in [-0.2, -0.15) is 0 Å². The molecule has 2 heteroatoms. The third-order valence-electron chi connectivity index (χ3n) is 3.72. The summed E-state index contributed by atoms with van der Waals surface area (Å²) >= 11 is 0. The van der Waals surface area contributed by atoms with Crippen LogP contribution in [0.5, 0.6) is 0 Å². The molecule has 0 aliphatic carbocycles. The Balaban J connectivity index is 2.05. The van der Waals surface area contributed by atoms with E-state index < -0.39 is 0 Å². The van der Waals surface area contributed by atoms with Crippen molar-refractivity contribution in [2.45, 2.75) is 39.7 Å². The molecular weight excluding hydrogens is 220 g/mol. The van der Waals surface area contributed by atoms with Crippen LogP contribution in [0.1, 0.15) is 39.2 Å². The Morgan fingerprint density at radius 2 is 1.94 bits per heavy atom. The van der Waals surface area contributed by atoms with Crippen molar-refractivity contribution in [3.05, 3.63) is 29.8 Å². The van der Waals surface area contributed by atoms with E-state index in [0.717, 1.165) is 12.5 Å². The SMILES string of the molecule is CC(C)CN(CC1CNc2ccccc21)C(C)C. The summed E-state index contributed by atoms with van der Waals surface area (Å²) in [6, 6.07) is 9.36. The zero-order valence-electron chi connectivity index (χ0n) is 12.1. The van der Waals surface area contributed by atoms with Crippen molar-refractivity contribution < 1.29 is 0 Å². The number of benzene rings is 1. The molecule has 2 nitrogen and oxygen atoms in total. The lowest BCUT2D eigenvalue weighted by molar-refractivity contribution is 0.188. The molecule has 0 saturated carbocycles. The van der Waals surface area contributed by atoms with Crippen LogP contribution in [0.3, 0.4) is 0 Å². The van der Waals surface area contributed by atoms with Crippen molar-refractivity contribution in [1.29, 1.82) is 0 Å². The monoisotopic (exact) mass is 246 g/mol.